The number of Topliss-reactive ketones (excluding diaryl/α,β-unsaturated/α-hetero) is 1. The summed E-state index contributed by atoms with van der Waals surface area (Å²) in [6, 6.07) is 1.51. The highest BCUT2D eigenvalue weighted by Crippen LogP contribution is 2.28. The van der Waals surface area contributed by atoms with Crippen molar-refractivity contribution in [1.29, 1.82) is 0 Å². The number of carbonyl (C=O) groups is 3. The van der Waals surface area contributed by atoms with Crippen molar-refractivity contribution in [1.82, 2.24) is 10.3 Å². The molecule has 3 N–H and O–H groups in total. The number of carbonyl (C=O) groups excluding carboxylic acids is 3. The fourth-order valence-corrected chi connectivity index (χ4v) is 2.74. The molecule has 2 rings (SSSR count). The van der Waals surface area contributed by atoms with Gasteiger partial charge < -0.3 is 10.5 Å². The predicted molar refractivity (Wildman–Crippen MR) is 83.2 cm³/mol. The molecule has 1 aromatic heterocycles. The molecule has 0 saturated heterocycles. The van der Waals surface area contributed by atoms with Crippen LogP contribution in [0.5, 0.6) is 5.75 Å². The molecule has 1 aromatic rings. The summed E-state index contributed by atoms with van der Waals surface area (Å²) in [5.41, 5.74) is 5.53. The van der Waals surface area contributed by atoms with Gasteiger partial charge in [-0.25, -0.2) is 4.98 Å². The Labute approximate surface area is 134 Å². The lowest BCUT2D eigenvalue weighted by Crippen LogP contribution is -2.36. The van der Waals surface area contributed by atoms with Crippen LogP contribution in [0.1, 0.15) is 53.0 Å². The second-order valence-electron chi connectivity index (χ2n) is 5.56. The van der Waals surface area contributed by atoms with Gasteiger partial charge in [0.15, 0.2) is 17.2 Å². The first-order chi connectivity index (χ1) is 11.1. The molecule has 7 heteroatoms. The number of rotatable bonds is 5. The third-order valence-electron chi connectivity index (χ3n) is 3.99. The Hall–Kier alpha value is -2.28. The Morgan fingerprint density at radius 2 is 2.00 bits per heavy atom. The minimum absolute atomic E-state index is 0.00810. The van der Waals surface area contributed by atoms with E-state index in [9.17, 15) is 14.4 Å². The Bertz CT molecular complexity index is 609. The van der Waals surface area contributed by atoms with E-state index in [0.29, 0.717) is 5.56 Å². The Balaban J connectivity index is 2.20. The van der Waals surface area contributed by atoms with E-state index >= 15 is 0 Å². The Morgan fingerprint density at radius 3 is 2.61 bits per heavy atom. The number of ketones is 1. The number of nitrogens with two attached hydrogens (primary N) is 1. The molecule has 1 aliphatic carbocycles. The van der Waals surface area contributed by atoms with Crippen LogP contribution < -0.4 is 15.8 Å². The van der Waals surface area contributed by atoms with Gasteiger partial charge in [0, 0.05) is 17.7 Å². The van der Waals surface area contributed by atoms with Gasteiger partial charge in [-0.05, 0) is 18.9 Å². The maximum atomic E-state index is 12.5. The fourth-order valence-electron chi connectivity index (χ4n) is 2.74. The molecule has 0 spiro atoms. The number of amides is 2. The first-order valence-electron chi connectivity index (χ1n) is 7.69. The van der Waals surface area contributed by atoms with Crippen molar-refractivity contribution in [2.45, 2.75) is 32.1 Å². The molecule has 1 heterocycles. The van der Waals surface area contributed by atoms with E-state index in [1.54, 1.807) is 0 Å². The predicted octanol–water partition coefficient (Wildman–Crippen LogP) is 1.07. The van der Waals surface area contributed by atoms with Crippen LogP contribution >= 0.6 is 0 Å². The summed E-state index contributed by atoms with van der Waals surface area (Å²) >= 11 is 0. The highest BCUT2D eigenvalue weighted by atomic mass is 16.5. The highest BCUT2D eigenvalue weighted by molar-refractivity contribution is 6.06. The lowest BCUT2D eigenvalue weighted by Gasteiger charge is -2.20. The molecule has 7 nitrogen and oxygen atoms in total. The maximum Gasteiger partial charge on any atom is 0.280 e. The summed E-state index contributed by atoms with van der Waals surface area (Å²) in [6.45, 7) is -0.299. The number of pyridine rings is 1. The van der Waals surface area contributed by atoms with E-state index in [4.69, 9.17) is 10.5 Å². The third-order valence-corrected chi connectivity index (χ3v) is 3.99. The van der Waals surface area contributed by atoms with Crippen molar-refractivity contribution < 1.29 is 19.1 Å². The zero-order chi connectivity index (χ0) is 16.8. The molecule has 124 valence electrons. The van der Waals surface area contributed by atoms with Gasteiger partial charge in [0.2, 0.25) is 5.91 Å². The first-order valence-corrected chi connectivity index (χ1v) is 7.69. The average Bonchev–Trinajstić information content (AvgIpc) is 2.60. The van der Waals surface area contributed by atoms with Gasteiger partial charge >= 0.3 is 0 Å². The molecule has 0 bridgehead atoms. The minimum Gasteiger partial charge on any atom is -0.494 e. The summed E-state index contributed by atoms with van der Waals surface area (Å²) in [7, 11) is 1.38. The second kappa shape index (κ2) is 7.82. The van der Waals surface area contributed by atoms with Crippen LogP contribution in [-0.4, -0.2) is 36.2 Å². The molecule has 2 amide bonds. The third kappa shape index (κ3) is 4.13. The lowest BCUT2D eigenvalue weighted by atomic mass is 9.84. The molecule has 0 atom stereocenters. The quantitative estimate of drug-likeness (QED) is 0.785. The van der Waals surface area contributed by atoms with E-state index in [0.717, 1.165) is 25.7 Å². The standard InChI is InChI=1S/C16H21N3O4/c1-23-12-7-11(15(21)10-5-3-2-4-6-10)9-18-14(12)16(22)19-13(20)8-17/h7,9-10H,2-6,8,17H2,1H3,(H,19,20,22). The van der Waals surface area contributed by atoms with Gasteiger partial charge in [0.05, 0.1) is 13.7 Å². The molecule has 1 fully saturated rings. The van der Waals surface area contributed by atoms with Crippen LogP contribution in [0.3, 0.4) is 0 Å². The van der Waals surface area contributed by atoms with Crippen LogP contribution in [0, 0.1) is 5.92 Å². The molecule has 0 unspecified atom stereocenters. The molecule has 1 saturated carbocycles. The molecule has 0 aromatic carbocycles. The van der Waals surface area contributed by atoms with Crippen molar-refractivity contribution >= 4 is 17.6 Å². The molecule has 0 aliphatic heterocycles. The first kappa shape index (κ1) is 17.1. The number of imide groups is 1. The van der Waals surface area contributed by atoms with Gasteiger partial charge in [-0.1, -0.05) is 19.3 Å². The molecular weight excluding hydrogens is 298 g/mol. The zero-order valence-electron chi connectivity index (χ0n) is 13.1. The van der Waals surface area contributed by atoms with Crippen LogP contribution in [0.15, 0.2) is 12.3 Å². The van der Waals surface area contributed by atoms with E-state index in [-0.39, 0.29) is 29.7 Å². The molecule has 1 aliphatic rings. The molecule has 0 radical (unpaired) electrons. The number of methoxy groups -OCH3 is 1. The van der Waals surface area contributed by atoms with Crippen molar-refractivity contribution in [3.63, 3.8) is 0 Å². The average molecular weight is 319 g/mol. The molecule has 23 heavy (non-hydrogen) atoms. The zero-order valence-corrected chi connectivity index (χ0v) is 13.1. The van der Waals surface area contributed by atoms with Crippen LogP contribution in [0.4, 0.5) is 0 Å². The topological polar surface area (TPSA) is 111 Å². The normalized spacial score (nSPS) is 15.0. The van der Waals surface area contributed by atoms with Gasteiger partial charge in [0.1, 0.15) is 0 Å². The van der Waals surface area contributed by atoms with Crippen LogP contribution in [0.2, 0.25) is 0 Å². The summed E-state index contributed by atoms with van der Waals surface area (Å²) in [6.07, 6.45) is 6.41. The number of aromatic nitrogens is 1. The van der Waals surface area contributed by atoms with Crippen molar-refractivity contribution in [3.05, 3.63) is 23.5 Å². The minimum atomic E-state index is -0.700. The Morgan fingerprint density at radius 1 is 1.30 bits per heavy atom. The number of ether oxygens (including phenoxy) is 1. The summed E-state index contributed by atoms with van der Waals surface area (Å²) in [4.78, 5) is 39.7. The number of hydrogen-bond donors (Lipinski definition) is 2. The largest absolute Gasteiger partial charge is 0.494 e. The number of nitrogens with one attached hydrogen (secondary N) is 1. The maximum absolute atomic E-state index is 12.5. The van der Waals surface area contributed by atoms with Crippen molar-refractivity contribution in [2.24, 2.45) is 11.7 Å². The van der Waals surface area contributed by atoms with Crippen LogP contribution in [-0.2, 0) is 4.79 Å². The van der Waals surface area contributed by atoms with Gasteiger partial charge in [-0.15, -0.1) is 0 Å². The highest BCUT2D eigenvalue weighted by Gasteiger charge is 2.25. The van der Waals surface area contributed by atoms with Gasteiger partial charge in [0.25, 0.3) is 5.91 Å². The van der Waals surface area contributed by atoms with Gasteiger partial charge in [-0.2, -0.15) is 0 Å². The van der Waals surface area contributed by atoms with Crippen molar-refractivity contribution in [2.75, 3.05) is 13.7 Å². The second-order valence-corrected chi connectivity index (χ2v) is 5.56. The SMILES string of the molecule is COc1cc(C(=O)C2CCCCC2)cnc1C(=O)NC(=O)CN. The smallest absolute Gasteiger partial charge is 0.280 e. The van der Waals surface area contributed by atoms with Crippen molar-refractivity contribution in [3.8, 4) is 5.75 Å². The van der Waals surface area contributed by atoms with E-state index in [2.05, 4.69) is 10.3 Å². The Kier molecular flexibility index (Phi) is 5.81. The summed E-state index contributed by atoms with van der Waals surface area (Å²) < 4.78 is 5.14. The molecular formula is C16H21N3O4. The van der Waals surface area contributed by atoms with E-state index < -0.39 is 11.8 Å². The monoisotopic (exact) mass is 319 g/mol. The van der Waals surface area contributed by atoms with Crippen LogP contribution in [0.25, 0.3) is 0 Å². The summed E-state index contributed by atoms with van der Waals surface area (Å²) in [5.74, 6) is -1.11. The summed E-state index contributed by atoms with van der Waals surface area (Å²) in [5, 5.41) is 2.10. The number of nitrogens with zero attached hydrogens (tertiary/aromatic N) is 1. The van der Waals surface area contributed by atoms with E-state index in [1.165, 1.54) is 25.8 Å². The van der Waals surface area contributed by atoms with Gasteiger partial charge in [-0.3, -0.25) is 19.7 Å². The van der Waals surface area contributed by atoms with E-state index in [1.807, 2.05) is 0 Å². The lowest BCUT2D eigenvalue weighted by molar-refractivity contribution is -0.118. The number of hydrogen-bond acceptors (Lipinski definition) is 6. The fraction of sp³-hybridized carbons (Fsp3) is 0.500.